The van der Waals surface area contributed by atoms with Crippen molar-refractivity contribution in [3.8, 4) is 0 Å². The summed E-state index contributed by atoms with van der Waals surface area (Å²) in [6, 6.07) is -0.207. The van der Waals surface area contributed by atoms with Crippen molar-refractivity contribution in [2.24, 2.45) is 23.2 Å². The van der Waals surface area contributed by atoms with E-state index in [9.17, 15) is 9.59 Å². The van der Waals surface area contributed by atoms with Gasteiger partial charge in [0.15, 0.2) is 0 Å². The van der Waals surface area contributed by atoms with Gasteiger partial charge in [-0.15, -0.1) is 0 Å². The van der Waals surface area contributed by atoms with Crippen LogP contribution in [0.4, 0.5) is 4.79 Å². The van der Waals surface area contributed by atoms with Gasteiger partial charge in [0.1, 0.15) is 5.54 Å². The molecule has 1 aliphatic heterocycles. The Kier molecular flexibility index (Phi) is 6.42. The van der Waals surface area contributed by atoms with Crippen molar-refractivity contribution < 1.29 is 9.59 Å². The lowest BCUT2D eigenvalue weighted by molar-refractivity contribution is -0.134. The summed E-state index contributed by atoms with van der Waals surface area (Å²) in [7, 11) is 0. The maximum Gasteiger partial charge on any atom is 0.326 e. The summed E-state index contributed by atoms with van der Waals surface area (Å²) in [5.74, 6) is 1.62. The molecule has 0 bridgehead atoms. The van der Waals surface area contributed by atoms with Crippen LogP contribution in [-0.4, -0.2) is 47.0 Å². The molecule has 2 aliphatic rings. The van der Waals surface area contributed by atoms with E-state index in [1.54, 1.807) is 0 Å². The van der Waals surface area contributed by atoms with E-state index in [4.69, 9.17) is 0 Å². The smallest absolute Gasteiger partial charge is 0.323 e. The van der Waals surface area contributed by atoms with Crippen LogP contribution in [0.2, 0.25) is 0 Å². The Morgan fingerprint density at radius 3 is 2.00 bits per heavy atom. The molecule has 1 saturated carbocycles. The molecular weight excluding hydrogens is 326 g/mol. The first kappa shape index (κ1) is 21.2. The van der Waals surface area contributed by atoms with Crippen LogP contribution in [0.1, 0.15) is 74.1 Å². The maximum atomic E-state index is 13.2. The normalized spacial score (nSPS) is 27.3. The topological polar surface area (TPSA) is 52.6 Å². The van der Waals surface area contributed by atoms with Gasteiger partial charge in [-0.2, -0.15) is 0 Å². The minimum absolute atomic E-state index is 0.00706. The minimum atomic E-state index is -0.653. The van der Waals surface area contributed by atoms with E-state index in [1.807, 2.05) is 0 Å². The molecule has 1 N–H and O–H groups in total. The van der Waals surface area contributed by atoms with Gasteiger partial charge in [0.25, 0.3) is 5.91 Å². The van der Waals surface area contributed by atoms with Gasteiger partial charge >= 0.3 is 6.03 Å². The van der Waals surface area contributed by atoms with Crippen LogP contribution < -0.4 is 5.32 Å². The van der Waals surface area contributed by atoms with Crippen LogP contribution in [0.5, 0.6) is 0 Å². The highest BCUT2D eigenvalue weighted by Crippen LogP contribution is 2.43. The first-order valence-electron chi connectivity index (χ1n) is 10.3. The van der Waals surface area contributed by atoms with Crippen LogP contribution in [-0.2, 0) is 4.79 Å². The third kappa shape index (κ3) is 4.79. The van der Waals surface area contributed by atoms with Crippen molar-refractivity contribution in [2.45, 2.75) is 79.7 Å². The van der Waals surface area contributed by atoms with Gasteiger partial charge in [-0.1, -0.05) is 48.5 Å². The molecule has 1 spiro atoms. The predicted octanol–water partition coefficient (Wildman–Crippen LogP) is 4.08. The third-order valence-electron chi connectivity index (χ3n) is 5.90. The SMILES string of the molecule is CC(C)CN(CC(C)C)CN1C(=O)NC2(CCC(C(C)(C)C)CC2)C1=O. The largest absolute Gasteiger partial charge is 0.326 e. The predicted molar refractivity (Wildman–Crippen MR) is 106 cm³/mol. The standard InChI is InChI=1S/C21H39N3O2/c1-15(2)12-23(13-16(3)4)14-24-18(25)21(22-19(24)26)10-8-17(9-11-21)20(5,6)7/h15-17H,8-14H2,1-7H3,(H,22,26). The molecule has 1 saturated heterocycles. The number of rotatable bonds is 6. The number of carbonyl (C=O) groups excluding carboxylic acids is 2. The van der Waals surface area contributed by atoms with E-state index in [0.29, 0.717) is 24.4 Å². The van der Waals surface area contributed by atoms with Gasteiger partial charge in [-0.25, -0.2) is 9.69 Å². The van der Waals surface area contributed by atoms with Crippen LogP contribution in [0.25, 0.3) is 0 Å². The number of nitrogens with one attached hydrogen (secondary N) is 1. The van der Waals surface area contributed by atoms with Crippen molar-refractivity contribution in [3.05, 3.63) is 0 Å². The van der Waals surface area contributed by atoms with E-state index >= 15 is 0 Å². The molecule has 5 heteroatoms. The van der Waals surface area contributed by atoms with Crippen molar-refractivity contribution in [3.63, 3.8) is 0 Å². The van der Waals surface area contributed by atoms with Crippen LogP contribution in [0, 0.1) is 23.2 Å². The van der Waals surface area contributed by atoms with Crippen molar-refractivity contribution >= 4 is 11.9 Å². The summed E-state index contributed by atoms with van der Waals surface area (Å²) in [6.45, 7) is 17.7. The molecule has 0 atom stereocenters. The quantitative estimate of drug-likeness (QED) is 0.722. The molecule has 3 amide bonds. The van der Waals surface area contributed by atoms with Crippen molar-refractivity contribution in [2.75, 3.05) is 19.8 Å². The lowest BCUT2D eigenvalue weighted by atomic mass is 9.67. The number of nitrogens with zero attached hydrogens (tertiary/aromatic N) is 2. The third-order valence-corrected chi connectivity index (χ3v) is 5.90. The monoisotopic (exact) mass is 365 g/mol. The molecule has 0 aromatic carbocycles. The number of imide groups is 1. The molecule has 0 aromatic rings. The molecule has 2 rings (SSSR count). The van der Waals surface area contributed by atoms with E-state index in [-0.39, 0.29) is 17.4 Å². The van der Waals surface area contributed by atoms with Gasteiger partial charge in [-0.05, 0) is 48.9 Å². The second-order valence-corrected chi connectivity index (χ2v) is 10.4. The van der Waals surface area contributed by atoms with Crippen molar-refractivity contribution in [1.29, 1.82) is 0 Å². The molecule has 2 fully saturated rings. The number of hydrogen-bond acceptors (Lipinski definition) is 3. The fraction of sp³-hybridized carbons (Fsp3) is 0.905. The molecule has 0 unspecified atom stereocenters. The van der Waals surface area contributed by atoms with E-state index < -0.39 is 5.54 Å². The number of carbonyl (C=O) groups is 2. The average Bonchev–Trinajstić information content (AvgIpc) is 2.70. The molecule has 0 radical (unpaired) electrons. The second-order valence-electron chi connectivity index (χ2n) is 10.4. The summed E-state index contributed by atoms with van der Waals surface area (Å²) in [5, 5.41) is 3.06. The molecule has 0 aromatic heterocycles. The summed E-state index contributed by atoms with van der Waals surface area (Å²) in [4.78, 5) is 29.5. The molecule has 150 valence electrons. The lowest BCUT2D eigenvalue weighted by Gasteiger charge is -2.40. The molecule has 26 heavy (non-hydrogen) atoms. The number of amides is 3. The van der Waals surface area contributed by atoms with E-state index in [2.05, 4.69) is 58.7 Å². The van der Waals surface area contributed by atoms with Gasteiger partial charge in [0.05, 0.1) is 6.67 Å². The van der Waals surface area contributed by atoms with E-state index in [0.717, 1.165) is 38.8 Å². The first-order valence-corrected chi connectivity index (χ1v) is 10.3. The van der Waals surface area contributed by atoms with Crippen LogP contribution in [0.15, 0.2) is 0 Å². The summed E-state index contributed by atoms with van der Waals surface area (Å²) in [5.41, 5.74) is -0.390. The zero-order chi connectivity index (χ0) is 19.7. The second kappa shape index (κ2) is 7.87. The Bertz CT molecular complexity index is 504. The fourth-order valence-corrected chi connectivity index (χ4v) is 4.54. The number of hydrogen-bond donors (Lipinski definition) is 1. The van der Waals surface area contributed by atoms with Gasteiger partial charge < -0.3 is 5.32 Å². The Hall–Kier alpha value is -1.10. The maximum absolute atomic E-state index is 13.2. The van der Waals surface area contributed by atoms with Gasteiger partial charge in [0, 0.05) is 13.1 Å². The van der Waals surface area contributed by atoms with Crippen LogP contribution in [0.3, 0.4) is 0 Å². The molecule has 1 aliphatic carbocycles. The highest BCUT2D eigenvalue weighted by molar-refractivity contribution is 6.07. The Morgan fingerprint density at radius 1 is 1.08 bits per heavy atom. The minimum Gasteiger partial charge on any atom is -0.323 e. The lowest BCUT2D eigenvalue weighted by Crippen LogP contribution is -2.51. The average molecular weight is 366 g/mol. The molecule has 5 nitrogen and oxygen atoms in total. The van der Waals surface area contributed by atoms with Crippen molar-refractivity contribution in [1.82, 2.24) is 15.1 Å². The Balaban J connectivity index is 2.06. The Labute approximate surface area is 159 Å². The zero-order valence-corrected chi connectivity index (χ0v) is 17.9. The summed E-state index contributed by atoms with van der Waals surface area (Å²) < 4.78 is 0. The van der Waals surface area contributed by atoms with Crippen LogP contribution >= 0.6 is 0 Å². The summed E-state index contributed by atoms with van der Waals surface area (Å²) >= 11 is 0. The highest BCUT2D eigenvalue weighted by atomic mass is 16.2. The van der Waals surface area contributed by atoms with E-state index in [1.165, 1.54) is 4.90 Å². The first-order chi connectivity index (χ1) is 11.9. The molecular formula is C21H39N3O2. The van der Waals surface area contributed by atoms with Gasteiger partial charge in [0.2, 0.25) is 0 Å². The van der Waals surface area contributed by atoms with Gasteiger partial charge in [-0.3, -0.25) is 9.69 Å². The summed E-state index contributed by atoms with van der Waals surface area (Å²) in [6.07, 6.45) is 3.55. The fourth-order valence-electron chi connectivity index (χ4n) is 4.54. The number of urea groups is 1. The zero-order valence-electron chi connectivity index (χ0n) is 17.9. The Morgan fingerprint density at radius 2 is 1.58 bits per heavy atom. The molecule has 1 heterocycles. The highest BCUT2D eigenvalue weighted by Gasteiger charge is 2.53.